The number of likely N-dealkylation sites (N-methyl/N-ethyl adjacent to an activating group) is 1. The van der Waals surface area contributed by atoms with Crippen LogP contribution in [0.5, 0.6) is 0 Å². The molecule has 1 N–H and O–H groups in total. The summed E-state index contributed by atoms with van der Waals surface area (Å²) in [7, 11) is 1.70. The summed E-state index contributed by atoms with van der Waals surface area (Å²) in [6, 6.07) is 10.7. The van der Waals surface area contributed by atoms with Crippen LogP contribution >= 0.6 is 0 Å². The first-order chi connectivity index (χ1) is 13.5. The molecule has 28 heavy (non-hydrogen) atoms. The van der Waals surface area contributed by atoms with Crippen LogP contribution in [0.2, 0.25) is 0 Å². The van der Waals surface area contributed by atoms with Crippen molar-refractivity contribution in [2.75, 3.05) is 18.9 Å². The van der Waals surface area contributed by atoms with Gasteiger partial charge in [-0.3, -0.25) is 19.6 Å². The molecule has 2 heterocycles. The number of nitrogens with zero attached hydrogens (tertiary/aromatic N) is 3. The van der Waals surface area contributed by atoms with Gasteiger partial charge >= 0.3 is 0 Å². The van der Waals surface area contributed by atoms with Crippen molar-refractivity contribution < 1.29 is 14.0 Å². The average molecular weight is 378 g/mol. The van der Waals surface area contributed by atoms with Crippen molar-refractivity contribution in [3.63, 3.8) is 0 Å². The van der Waals surface area contributed by atoms with Crippen LogP contribution in [-0.2, 0) is 6.42 Å². The van der Waals surface area contributed by atoms with E-state index in [1.54, 1.807) is 24.3 Å². The van der Waals surface area contributed by atoms with Gasteiger partial charge in [0.1, 0.15) is 5.82 Å². The Kier molecular flexibility index (Phi) is 6.06. The second-order valence-electron chi connectivity index (χ2n) is 6.26. The molecule has 0 fully saturated rings. The Balaban J connectivity index is 1.65. The predicted octanol–water partition coefficient (Wildman–Crippen LogP) is 3.18. The van der Waals surface area contributed by atoms with Gasteiger partial charge < -0.3 is 10.2 Å². The first-order valence-electron chi connectivity index (χ1n) is 8.69. The summed E-state index contributed by atoms with van der Waals surface area (Å²) in [5.74, 6) is -1.03. The van der Waals surface area contributed by atoms with Crippen molar-refractivity contribution in [3.05, 3.63) is 89.8 Å². The maximum absolute atomic E-state index is 13.0. The molecule has 3 rings (SSSR count). The van der Waals surface area contributed by atoms with Crippen molar-refractivity contribution in [3.8, 4) is 0 Å². The van der Waals surface area contributed by atoms with Gasteiger partial charge in [0.05, 0.1) is 11.1 Å². The van der Waals surface area contributed by atoms with Crippen molar-refractivity contribution in [1.29, 1.82) is 0 Å². The largest absolute Gasteiger partial charge is 0.341 e. The molecule has 2 amide bonds. The summed E-state index contributed by atoms with van der Waals surface area (Å²) in [5, 5.41) is 2.65. The Morgan fingerprint density at radius 2 is 1.68 bits per heavy atom. The van der Waals surface area contributed by atoms with Crippen molar-refractivity contribution in [1.82, 2.24) is 14.9 Å². The average Bonchev–Trinajstić information content (AvgIpc) is 2.74. The minimum Gasteiger partial charge on any atom is -0.341 e. The first-order valence-corrected chi connectivity index (χ1v) is 8.69. The van der Waals surface area contributed by atoms with Crippen LogP contribution in [0.25, 0.3) is 0 Å². The maximum Gasteiger partial charge on any atom is 0.257 e. The molecule has 0 aliphatic heterocycles. The Bertz CT molecular complexity index is 962. The number of amides is 2. The molecule has 0 aliphatic carbocycles. The van der Waals surface area contributed by atoms with Gasteiger partial charge in [-0.1, -0.05) is 0 Å². The number of hydrogen-bond donors (Lipinski definition) is 1. The molecule has 2 aromatic heterocycles. The molecule has 0 bridgehead atoms. The lowest BCUT2D eigenvalue weighted by Crippen LogP contribution is -2.29. The van der Waals surface area contributed by atoms with Crippen LogP contribution in [0.1, 0.15) is 26.3 Å². The molecule has 0 atom stereocenters. The van der Waals surface area contributed by atoms with Crippen molar-refractivity contribution >= 4 is 17.5 Å². The van der Waals surface area contributed by atoms with Gasteiger partial charge in [-0.15, -0.1) is 0 Å². The van der Waals surface area contributed by atoms with E-state index in [-0.39, 0.29) is 17.3 Å². The minimum absolute atomic E-state index is 0.224. The Morgan fingerprint density at radius 3 is 2.39 bits per heavy atom. The fourth-order valence-corrected chi connectivity index (χ4v) is 2.59. The van der Waals surface area contributed by atoms with Crippen LogP contribution in [0.15, 0.2) is 67.3 Å². The van der Waals surface area contributed by atoms with Crippen LogP contribution in [-0.4, -0.2) is 40.3 Å². The number of benzene rings is 1. The predicted molar refractivity (Wildman–Crippen MR) is 103 cm³/mol. The summed E-state index contributed by atoms with van der Waals surface area (Å²) in [4.78, 5) is 34.6. The molecule has 0 aliphatic rings. The molecular formula is C21H19FN4O2. The van der Waals surface area contributed by atoms with E-state index >= 15 is 0 Å². The van der Waals surface area contributed by atoms with E-state index < -0.39 is 5.91 Å². The topological polar surface area (TPSA) is 75.2 Å². The lowest BCUT2D eigenvalue weighted by molar-refractivity contribution is 0.0796. The van der Waals surface area contributed by atoms with Gasteiger partial charge in [-0.2, -0.15) is 0 Å². The van der Waals surface area contributed by atoms with Gasteiger partial charge in [-0.25, -0.2) is 4.39 Å². The summed E-state index contributed by atoms with van der Waals surface area (Å²) in [6.45, 7) is 0.523. The van der Waals surface area contributed by atoms with Crippen LogP contribution in [0, 0.1) is 5.82 Å². The van der Waals surface area contributed by atoms with Crippen molar-refractivity contribution in [2.45, 2.75) is 6.42 Å². The summed E-state index contributed by atoms with van der Waals surface area (Å²) >= 11 is 0. The van der Waals surface area contributed by atoms with Crippen LogP contribution in [0.4, 0.5) is 10.1 Å². The Morgan fingerprint density at radius 1 is 1.00 bits per heavy atom. The Hall–Kier alpha value is -3.61. The molecule has 0 spiro atoms. The molecule has 0 radical (unpaired) electrons. The number of aromatic nitrogens is 2. The highest BCUT2D eigenvalue weighted by Crippen LogP contribution is 2.12. The number of nitrogens with one attached hydrogen (secondary N) is 1. The SMILES string of the molecule is CN(CCc1ccncc1)C(=O)c1cncc(C(=O)Nc2ccc(F)cc2)c1. The fraction of sp³-hybridized carbons (Fsp3) is 0.143. The van der Waals surface area contributed by atoms with E-state index in [0.717, 1.165) is 5.56 Å². The molecule has 0 unspecified atom stereocenters. The molecule has 1 aromatic carbocycles. The highest BCUT2D eigenvalue weighted by Gasteiger charge is 2.15. The lowest BCUT2D eigenvalue weighted by Gasteiger charge is -2.17. The molecule has 6 nitrogen and oxygen atoms in total. The van der Waals surface area contributed by atoms with E-state index in [9.17, 15) is 14.0 Å². The Labute approximate surface area is 162 Å². The molecule has 142 valence electrons. The second kappa shape index (κ2) is 8.85. The first kappa shape index (κ1) is 19.2. The number of hydrogen-bond acceptors (Lipinski definition) is 4. The van der Waals surface area contributed by atoms with Crippen molar-refractivity contribution in [2.24, 2.45) is 0 Å². The lowest BCUT2D eigenvalue weighted by atomic mass is 10.1. The van der Waals surface area contributed by atoms with Gasteiger partial charge in [0.15, 0.2) is 0 Å². The molecule has 0 saturated heterocycles. The summed E-state index contributed by atoms with van der Waals surface area (Å²) in [6.07, 6.45) is 6.93. The minimum atomic E-state index is -0.423. The number of rotatable bonds is 6. The third-order valence-corrected chi connectivity index (χ3v) is 4.18. The quantitative estimate of drug-likeness (QED) is 0.715. The van der Waals surface area contributed by atoms with Crippen LogP contribution in [0.3, 0.4) is 0 Å². The highest BCUT2D eigenvalue weighted by molar-refractivity contribution is 6.05. The van der Waals surface area contributed by atoms with Crippen LogP contribution < -0.4 is 5.32 Å². The zero-order chi connectivity index (χ0) is 19.9. The molecule has 0 saturated carbocycles. The van der Waals surface area contributed by atoms with Gasteiger partial charge in [-0.05, 0) is 54.4 Å². The summed E-state index contributed by atoms with van der Waals surface area (Å²) < 4.78 is 13.0. The zero-order valence-corrected chi connectivity index (χ0v) is 15.3. The van der Waals surface area contributed by atoms with E-state index in [1.165, 1.54) is 42.7 Å². The number of pyridine rings is 2. The molecular weight excluding hydrogens is 359 g/mol. The normalized spacial score (nSPS) is 10.4. The van der Waals surface area contributed by atoms with Gasteiger partial charge in [0.2, 0.25) is 0 Å². The molecule has 3 aromatic rings. The fourth-order valence-electron chi connectivity index (χ4n) is 2.59. The standard InChI is InChI=1S/C21H19FN4O2/c1-26(11-8-15-6-9-23-10-7-15)21(28)17-12-16(13-24-14-17)20(27)25-19-4-2-18(22)3-5-19/h2-7,9-10,12-14H,8,11H2,1H3,(H,25,27). The van der Waals surface area contributed by atoms with Gasteiger partial charge in [0.25, 0.3) is 11.8 Å². The smallest absolute Gasteiger partial charge is 0.257 e. The van der Waals surface area contributed by atoms with E-state index in [2.05, 4.69) is 15.3 Å². The molecule has 7 heteroatoms. The third kappa shape index (κ3) is 4.97. The second-order valence-corrected chi connectivity index (χ2v) is 6.26. The van der Waals surface area contributed by atoms with E-state index in [1.807, 2.05) is 12.1 Å². The van der Waals surface area contributed by atoms with E-state index in [0.29, 0.717) is 24.2 Å². The zero-order valence-electron chi connectivity index (χ0n) is 15.3. The highest BCUT2D eigenvalue weighted by atomic mass is 19.1. The number of halogens is 1. The van der Waals surface area contributed by atoms with E-state index in [4.69, 9.17) is 0 Å². The number of carbonyl (C=O) groups excluding carboxylic acids is 2. The van der Waals surface area contributed by atoms with Gasteiger partial charge in [0, 0.05) is 44.1 Å². The monoisotopic (exact) mass is 378 g/mol. The number of anilines is 1. The number of carbonyl (C=O) groups is 2. The summed E-state index contributed by atoms with van der Waals surface area (Å²) in [5.41, 5.74) is 2.11. The third-order valence-electron chi connectivity index (χ3n) is 4.18. The maximum atomic E-state index is 13.0.